The molecule has 0 aliphatic rings. The molecule has 0 amide bonds. The molecule has 0 spiro atoms. The van der Waals surface area contributed by atoms with Crippen LogP contribution in [0.1, 0.15) is 5.69 Å². The number of H-pyrrole nitrogens is 1. The van der Waals surface area contributed by atoms with Gasteiger partial charge >= 0.3 is 9.15 Å². The number of hydrogen-bond donors (Lipinski definition) is 3. The highest BCUT2D eigenvalue weighted by Crippen LogP contribution is 2.31. The molecule has 164 valence electrons. The molecular weight excluding hydrogens is 468 g/mol. The van der Waals surface area contributed by atoms with Crippen molar-refractivity contribution in [1.82, 2.24) is 9.78 Å². The predicted molar refractivity (Wildman–Crippen MR) is 114 cm³/mol. The summed E-state index contributed by atoms with van der Waals surface area (Å²) in [5.74, 6) is -0.309. The third-order valence-electron chi connectivity index (χ3n) is 3.97. The van der Waals surface area contributed by atoms with Crippen molar-refractivity contribution in [3.8, 4) is 11.4 Å². The molecule has 3 rings (SSSR count). The van der Waals surface area contributed by atoms with Gasteiger partial charge in [-0.3, -0.25) is 14.4 Å². The maximum Gasteiger partial charge on any atom is 0.324 e. The second-order valence-electron chi connectivity index (χ2n) is 6.35. The van der Waals surface area contributed by atoms with Gasteiger partial charge in [-0.05, 0) is 49.4 Å². The Bertz CT molecular complexity index is 1440. The van der Waals surface area contributed by atoms with Gasteiger partial charge in [0.1, 0.15) is 11.4 Å². The van der Waals surface area contributed by atoms with Gasteiger partial charge in [0.2, 0.25) is 0 Å². The number of aromatic nitrogens is 2. The van der Waals surface area contributed by atoms with Gasteiger partial charge in [-0.1, -0.05) is 0 Å². The minimum Gasteiger partial charge on any atom is -0.506 e. The number of aryl methyl sites for hydroxylation is 1. The van der Waals surface area contributed by atoms with Gasteiger partial charge in [-0.15, -0.1) is 10.2 Å². The van der Waals surface area contributed by atoms with E-state index in [0.717, 1.165) is 17.0 Å². The fraction of sp³-hybridized carbons (Fsp3) is 0.118. The molecule has 0 saturated carbocycles. The van der Waals surface area contributed by atoms with Gasteiger partial charge in [0.25, 0.3) is 5.56 Å². The number of rotatable bonds is 6. The lowest BCUT2D eigenvalue weighted by molar-refractivity contribution is 0.476. The summed E-state index contributed by atoms with van der Waals surface area (Å²) in [6, 6.07) is 9.28. The van der Waals surface area contributed by atoms with E-state index >= 15 is 0 Å². The molecular formula is C17H16N4O7S3. The largest absolute Gasteiger partial charge is 0.506 e. The molecule has 0 radical (unpaired) electrons. The molecule has 14 heteroatoms. The van der Waals surface area contributed by atoms with E-state index in [1.807, 2.05) is 0 Å². The zero-order valence-electron chi connectivity index (χ0n) is 16.0. The van der Waals surface area contributed by atoms with Gasteiger partial charge in [0.15, 0.2) is 15.5 Å². The quantitative estimate of drug-likeness (QED) is 0.272. The summed E-state index contributed by atoms with van der Waals surface area (Å²) >= 11 is 0. The lowest BCUT2D eigenvalue weighted by Gasteiger charge is -2.03. The molecule has 3 N–H and O–H groups in total. The first-order chi connectivity index (χ1) is 14.3. The zero-order chi connectivity index (χ0) is 23.0. The number of sulfone groups is 1. The van der Waals surface area contributed by atoms with Crippen molar-refractivity contribution in [3.05, 3.63) is 58.5 Å². The van der Waals surface area contributed by atoms with Crippen molar-refractivity contribution >= 4 is 41.2 Å². The van der Waals surface area contributed by atoms with Crippen LogP contribution in [0.15, 0.2) is 67.3 Å². The van der Waals surface area contributed by atoms with E-state index in [9.17, 15) is 26.7 Å². The molecule has 0 saturated heterocycles. The summed E-state index contributed by atoms with van der Waals surface area (Å²) in [6.07, 6.45) is 1.01. The second-order valence-corrected chi connectivity index (χ2v) is 11.6. The van der Waals surface area contributed by atoms with Crippen molar-refractivity contribution in [3.63, 3.8) is 0 Å². The van der Waals surface area contributed by atoms with Crippen LogP contribution in [0, 0.1) is 6.92 Å². The van der Waals surface area contributed by atoms with Gasteiger partial charge in [0, 0.05) is 21.9 Å². The Hall–Kier alpha value is -2.94. The maximum atomic E-state index is 12.7. The molecule has 2 aromatic carbocycles. The molecule has 11 nitrogen and oxygen atoms in total. The first-order valence-electron chi connectivity index (χ1n) is 8.39. The topological polar surface area (TPSA) is 171 Å². The van der Waals surface area contributed by atoms with Crippen molar-refractivity contribution in [1.29, 1.82) is 0 Å². The lowest BCUT2D eigenvalue weighted by Crippen LogP contribution is -2.13. The SMILES string of the molecule is Cc1[nH]n(-c2ccc(SS(=O)(=O)O)cc2)c(=O)c1N=Nc1cc(S(C)(=O)=O)ccc1O. The number of nitrogens with one attached hydrogen (secondary N) is 1. The van der Waals surface area contributed by atoms with Crippen molar-refractivity contribution in [2.24, 2.45) is 10.2 Å². The Morgan fingerprint density at radius 2 is 1.68 bits per heavy atom. The Kier molecular flexibility index (Phi) is 6.09. The van der Waals surface area contributed by atoms with Gasteiger partial charge in [0.05, 0.1) is 16.3 Å². The van der Waals surface area contributed by atoms with E-state index in [0.29, 0.717) is 11.4 Å². The summed E-state index contributed by atoms with van der Waals surface area (Å²) in [5, 5.41) is 20.4. The highest BCUT2D eigenvalue weighted by atomic mass is 33.1. The molecule has 31 heavy (non-hydrogen) atoms. The fourth-order valence-electron chi connectivity index (χ4n) is 2.53. The van der Waals surface area contributed by atoms with Gasteiger partial charge in [-0.2, -0.15) is 8.42 Å². The number of phenolic OH excluding ortho intramolecular Hbond substituents is 1. The smallest absolute Gasteiger partial charge is 0.324 e. The fourth-order valence-corrected chi connectivity index (χ4v) is 4.72. The standard InChI is InChI=1S/C17H16N4O7S3/c1-10-16(19-18-14-9-13(30(2,24)25)7-8-15(14)22)17(23)21(20-10)11-3-5-12(6-4-11)29-31(26,27)28/h3-9,20,22H,1-2H3,(H,26,27,28). The van der Waals surface area contributed by atoms with Crippen LogP contribution in [0.3, 0.4) is 0 Å². The Morgan fingerprint density at radius 1 is 1.03 bits per heavy atom. The summed E-state index contributed by atoms with van der Waals surface area (Å²) in [7, 11) is -7.53. The first-order valence-corrected chi connectivity index (χ1v) is 13.1. The van der Waals surface area contributed by atoms with Crippen molar-refractivity contribution < 1.29 is 26.5 Å². The van der Waals surface area contributed by atoms with Gasteiger partial charge < -0.3 is 5.11 Å². The molecule has 0 fully saturated rings. The molecule has 0 aliphatic heterocycles. The normalized spacial score (nSPS) is 12.5. The van der Waals surface area contributed by atoms with E-state index < -0.39 is 24.5 Å². The van der Waals surface area contributed by atoms with E-state index in [2.05, 4.69) is 15.3 Å². The van der Waals surface area contributed by atoms with Crippen LogP contribution in [0.5, 0.6) is 5.75 Å². The van der Waals surface area contributed by atoms with E-state index in [1.165, 1.54) is 36.4 Å². The molecule has 0 bridgehead atoms. The number of azo groups is 1. The maximum absolute atomic E-state index is 12.7. The number of hydrogen-bond acceptors (Lipinski definition) is 9. The van der Waals surface area contributed by atoms with Crippen LogP contribution in [0.4, 0.5) is 11.4 Å². The Labute approximate surface area is 180 Å². The number of aromatic hydroxyl groups is 1. The van der Waals surface area contributed by atoms with Crippen molar-refractivity contribution in [2.45, 2.75) is 16.7 Å². The monoisotopic (exact) mass is 484 g/mol. The van der Waals surface area contributed by atoms with Gasteiger partial charge in [-0.25, -0.2) is 13.1 Å². The summed E-state index contributed by atoms with van der Waals surface area (Å²) in [5.41, 5.74) is -0.0446. The van der Waals surface area contributed by atoms with E-state index in [4.69, 9.17) is 4.55 Å². The van der Waals surface area contributed by atoms with E-state index in [1.54, 1.807) is 6.92 Å². The first kappa shape index (κ1) is 22.7. The molecule has 0 unspecified atom stereocenters. The summed E-state index contributed by atoms with van der Waals surface area (Å²) < 4.78 is 55.2. The summed E-state index contributed by atoms with van der Waals surface area (Å²) in [6.45, 7) is 1.57. The third kappa shape index (κ3) is 5.41. The average molecular weight is 485 g/mol. The zero-order valence-corrected chi connectivity index (χ0v) is 18.5. The van der Waals surface area contributed by atoms with Crippen LogP contribution in [0.25, 0.3) is 5.69 Å². The lowest BCUT2D eigenvalue weighted by atomic mass is 10.3. The van der Waals surface area contributed by atoms with Crippen LogP contribution in [0.2, 0.25) is 0 Å². The van der Waals surface area contributed by atoms with Crippen LogP contribution in [-0.4, -0.2) is 42.5 Å². The molecule has 1 heterocycles. The highest BCUT2D eigenvalue weighted by molar-refractivity contribution is 8.69. The van der Waals surface area contributed by atoms with Crippen LogP contribution in [-0.2, 0) is 19.0 Å². The molecule has 1 aromatic heterocycles. The van der Waals surface area contributed by atoms with Crippen LogP contribution < -0.4 is 5.56 Å². The van der Waals surface area contributed by atoms with Crippen molar-refractivity contribution in [2.75, 3.05) is 6.26 Å². The minimum absolute atomic E-state index is 0.0645. The number of phenols is 1. The number of aromatic amines is 1. The predicted octanol–water partition coefficient (Wildman–Crippen LogP) is 2.89. The second kappa shape index (κ2) is 8.30. The number of nitrogens with zero attached hydrogens (tertiary/aromatic N) is 3. The third-order valence-corrected chi connectivity index (χ3v) is 6.96. The molecule has 0 atom stereocenters. The number of benzene rings is 2. The minimum atomic E-state index is -4.26. The average Bonchev–Trinajstić information content (AvgIpc) is 2.93. The van der Waals surface area contributed by atoms with E-state index in [-0.39, 0.29) is 37.7 Å². The summed E-state index contributed by atoms with van der Waals surface area (Å²) in [4.78, 5) is 12.9. The Morgan fingerprint density at radius 3 is 2.26 bits per heavy atom. The van der Waals surface area contributed by atoms with Crippen LogP contribution >= 0.6 is 10.8 Å². The molecule has 0 aliphatic carbocycles. The Balaban J connectivity index is 1.95. The highest BCUT2D eigenvalue weighted by Gasteiger charge is 2.15. The molecule has 3 aromatic rings.